The predicted octanol–water partition coefficient (Wildman–Crippen LogP) is 3.51. The second-order valence-electron chi connectivity index (χ2n) is 4.00. The lowest BCUT2D eigenvalue weighted by molar-refractivity contribution is 0.101. The summed E-state index contributed by atoms with van der Waals surface area (Å²) in [6, 6.07) is 10.6. The van der Waals surface area contributed by atoms with Gasteiger partial charge in [-0.25, -0.2) is 0 Å². The molecule has 0 aliphatic carbocycles. The van der Waals surface area contributed by atoms with Gasteiger partial charge in [-0.1, -0.05) is 0 Å². The summed E-state index contributed by atoms with van der Waals surface area (Å²) in [7, 11) is 0. The van der Waals surface area contributed by atoms with E-state index in [1.807, 2.05) is 13.0 Å². The van der Waals surface area contributed by atoms with Gasteiger partial charge in [0.1, 0.15) is 0 Å². The maximum atomic E-state index is 11.9. The van der Waals surface area contributed by atoms with Gasteiger partial charge in [-0.05, 0) is 50.2 Å². The molecule has 0 unspecified atom stereocenters. The van der Waals surface area contributed by atoms with Crippen molar-refractivity contribution in [3.8, 4) is 0 Å². The van der Waals surface area contributed by atoms with Crippen LogP contribution in [0.2, 0.25) is 0 Å². The summed E-state index contributed by atoms with van der Waals surface area (Å²) in [5.74, 6) is -0.106. The number of nitrogens with one attached hydrogen (secondary N) is 1. The van der Waals surface area contributed by atoms with Gasteiger partial charge < -0.3 is 5.32 Å². The molecule has 0 aliphatic heterocycles. The molecule has 1 aromatic carbocycles. The molecule has 3 nitrogen and oxygen atoms in total. The van der Waals surface area contributed by atoms with Gasteiger partial charge >= 0.3 is 0 Å². The Morgan fingerprint density at radius 1 is 1.06 bits per heavy atom. The van der Waals surface area contributed by atoms with Crippen LogP contribution in [0.15, 0.2) is 36.4 Å². The number of thiophene rings is 1. The van der Waals surface area contributed by atoms with E-state index in [2.05, 4.69) is 5.32 Å². The number of Topliss-reactive ketones (excluding diaryl/α,β-unsaturated/α-hetero) is 1. The van der Waals surface area contributed by atoms with Crippen LogP contribution >= 0.6 is 11.3 Å². The molecule has 0 radical (unpaired) electrons. The minimum Gasteiger partial charge on any atom is -0.321 e. The van der Waals surface area contributed by atoms with Crippen LogP contribution in [0.3, 0.4) is 0 Å². The van der Waals surface area contributed by atoms with Gasteiger partial charge in [0.25, 0.3) is 5.91 Å². The number of rotatable bonds is 3. The lowest BCUT2D eigenvalue weighted by Crippen LogP contribution is -2.10. The van der Waals surface area contributed by atoms with Crippen molar-refractivity contribution in [3.05, 3.63) is 51.7 Å². The maximum absolute atomic E-state index is 11.9. The number of hydrogen-bond acceptors (Lipinski definition) is 3. The van der Waals surface area contributed by atoms with Gasteiger partial charge in [0.2, 0.25) is 0 Å². The van der Waals surface area contributed by atoms with Gasteiger partial charge in [0.15, 0.2) is 5.78 Å². The Kier molecular flexibility index (Phi) is 3.58. The van der Waals surface area contributed by atoms with E-state index >= 15 is 0 Å². The van der Waals surface area contributed by atoms with Crippen molar-refractivity contribution in [2.45, 2.75) is 13.8 Å². The van der Waals surface area contributed by atoms with Crippen molar-refractivity contribution in [1.29, 1.82) is 0 Å². The largest absolute Gasteiger partial charge is 0.321 e. The standard InChI is InChI=1S/C14H13NO2S/c1-9-3-8-13(18-9)14(17)15-12-6-4-11(5-7-12)10(2)16/h3-8H,1-2H3,(H,15,17). The number of anilines is 1. The third-order valence-electron chi connectivity index (χ3n) is 2.51. The third-order valence-corrected chi connectivity index (χ3v) is 3.51. The van der Waals surface area contributed by atoms with Gasteiger partial charge in [-0.15, -0.1) is 11.3 Å². The fourth-order valence-electron chi connectivity index (χ4n) is 1.54. The Balaban J connectivity index is 2.10. The Morgan fingerprint density at radius 3 is 2.22 bits per heavy atom. The molecule has 18 heavy (non-hydrogen) atoms. The van der Waals surface area contributed by atoms with E-state index in [1.165, 1.54) is 18.3 Å². The van der Waals surface area contributed by atoms with Crippen LogP contribution in [0.25, 0.3) is 0 Å². The minimum absolute atomic E-state index is 0.0155. The van der Waals surface area contributed by atoms with Crippen molar-refractivity contribution in [2.75, 3.05) is 5.32 Å². The molecule has 1 amide bonds. The second-order valence-corrected chi connectivity index (χ2v) is 5.29. The zero-order valence-electron chi connectivity index (χ0n) is 10.2. The van der Waals surface area contributed by atoms with Gasteiger partial charge in [0.05, 0.1) is 4.88 Å². The summed E-state index contributed by atoms with van der Waals surface area (Å²) in [6.07, 6.45) is 0. The van der Waals surface area contributed by atoms with Crippen LogP contribution in [-0.2, 0) is 0 Å². The van der Waals surface area contributed by atoms with Crippen LogP contribution in [0, 0.1) is 6.92 Å². The zero-order valence-corrected chi connectivity index (χ0v) is 11.0. The Morgan fingerprint density at radius 2 is 1.72 bits per heavy atom. The molecule has 4 heteroatoms. The molecule has 0 atom stereocenters. The monoisotopic (exact) mass is 259 g/mol. The molecular weight excluding hydrogens is 246 g/mol. The first-order valence-corrected chi connectivity index (χ1v) is 6.37. The second kappa shape index (κ2) is 5.14. The van der Waals surface area contributed by atoms with E-state index in [1.54, 1.807) is 30.3 Å². The van der Waals surface area contributed by atoms with E-state index in [-0.39, 0.29) is 11.7 Å². The molecule has 1 heterocycles. The number of carbonyl (C=O) groups is 2. The van der Waals surface area contributed by atoms with Crippen molar-refractivity contribution >= 4 is 28.7 Å². The van der Waals surface area contributed by atoms with Crippen LogP contribution in [0.4, 0.5) is 5.69 Å². The van der Waals surface area contributed by atoms with E-state index in [4.69, 9.17) is 0 Å². The molecule has 2 rings (SSSR count). The minimum atomic E-state index is -0.122. The molecule has 0 saturated carbocycles. The number of carbonyl (C=O) groups excluding carboxylic acids is 2. The lowest BCUT2D eigenvalue weighted by Gasteiger charge is -2.04. The summed E-state index contributed by atoms with van der Waals surface area (Å²) < 4.78 is 0. The molecule has 1 aromatic heterocycles. The third kappa shape index (κ3) is 2.84. The fourth-order valence-corrected chi connectivity index (χ4v) is 2.30. The summed E-state index contributed by atoms with van der Waals surface area (Å²) in [5, 5.41) is 2.80. The maximum Gasteiger partial charge on any atom is 0.265 e. The normalized spacial score (nSPS) is 10.1. The topological polar surface area (TPSA) is 46.2 Å². The molecule has 92 valence electrons. The molecule has 0 aliphatic rings. The average molecular weight is 259 g/mol. The summed E-state index contributed by atoms with van der Waals surface area (Å²) >= 11 is 1.46. The van der Waals surface area contributed by atoms with Crippen LogP contribution in [0.1, 0.15) is 31.8 Å². The van der Waals surface area contributed by atoms with Gasteiger partial charge in [-0.3, -0.25) is 9.59 Å². The molecule has 0 bridgehead atoms. The van der Waals surface area contributed by atoms with Crippen molar-refractivity contribution in [2.24, 2.45) is 0 Å². The first-order chi connectivity index (χ1) is 8.56. The first-order valence-electron chi connectivity index (χ1n) is 5.55. The lowest BCUT2D eigenvalue weighted by atomic mass is 10.1. The van der Waals surface area contributed by atoms with E-state index in [0.29, 0.717) is 16.1 Å². The van der Waals surface area contributed by atoms with Gasteiger partial charge in [-0.2, -0.15) is 0 Å². The quantitative estimate of drug-likeness (QED) is 0.857. The van der Waals surface area contributed by atoms with E-state index in [9.17, 15) is 9.59 Å². The SMILES string of the molecule is CC(=O)c1ccc(NC(=O)c2ccc(C)s2)cc1. The molecule has 2 aromatic rings. The molecule has 0 saturated heterocycles. The molecular formula is C14H13NO2S. The number of ketones is 1. The highest BCUT2D eigenvalue weighted by atomic mass is 32.1. The average Bonchev–Trinajstić information content (AvgIpc) is 2.76. The summed E-state index contributed by atoms with van der Waals surface area (Å²) in [5.41, 5.74) is 1.33. The number of amides is 1. The van der Waals surface area contributed by atoms with E-state index in [0.717, 1.165) is 4.88 Å². The number of hydrogen-bond donors (Lipinski definition) is 1. The summed E-state index contributed by atoms with van der Waals surface area (Å²) in [4.78, 5) is 24.8. The smallest absolute Gasteiger partial charge is 0.265 e. The molecule has 0 fully saturated rings. The highest BCUT2D eigenvalue weighted by Crippen LogP contribution is 2.17. The van der Waals surface area contributed by atoms with Gasteiger partial charge in [0, 0.05) is 16.1 Å². The number of aryl methyl sites for hydroxylation is 1. The fraction of sp³-hybridized carbons (Fsp3) is 0.143. The Bertz CT molecular complexity index is 584. The Hall–Kier alpha value is -1.94. The van der Waals surface area contributed by atoms with Crippen LogP contribution in [-0.4, -0.2) is 11.7 Å². The molecule has 0 spiro atoms. The van der Waals surface area contributed by atoms with E-state index < -0.39 is 0 Å². The summed E-state index contributed by atoms with van der Waals surface area (Å²) in [6.45, 7) is 3.48. The number of benzene rings is 1. The van der Waals surface area contributed by atoms with Crippen LogP contribution < -0.4 is 5.32 Å². The predicted molar refractivity (Wildman–Crippen MR) is 73.5 cm³/mol. The van der Waals surface area contributed by atoms with Crippen molar-refractivity contribution in [3.63, 3.8) is 0 Å². The zero-order chi connectivity index (χ0) is 13.1. The van der Waals surface area contributed by atoms with Crippen molar-refractivity contribution < 1.29 is 9.59 Å². The highest BCUT2D eigenvalue weighted by molar-refractivity contribution is 7.14. The molecule has 1 N–H and O–H groups in total. The van der Waals surface area contributed by atoms with Crippen molar-refractivity contribution in [1.82, 2.24) is 0 Å². The highest BCUT2D eigenvalue weighted by Gasteiger charge is 2.08. The first kappa shape index (κ1) is 12.5. The Labute approximate surface area is 109 Å². The van der Waals surface area contributed by atoms with Crippen LogP contribution in [0.5, 0.6) is 0 Å².